The minimum absolute atomic E-state index is 0.133. The first-order valence-corrected chi connectivity index (χ1v) is 15.2. The Balaban J connectivity index is 1.25. The van der Waals surface area contributed by atoms with E-state index in [9.17, 15) is 18.0 Å². The molecule has 8 nitrogen and oxygen atoms in total. The number of halogens is 4. The number of urea groups is 1. The van der Waals surface area contributed by atoms with Gasteiger partial charge >= 0.3 is 12.4 Å². The molecule has 0 bridgehead atoms. The Morgan fingerprint density at radius 2 is 1.78 bits per heavy atom. The highest BCUT2D eigenvalue weighted by Crippen LogP contribution is 2.35. The summed E-state index contributed by atoms with van der Waals surface area (Å²) in [6, 6.07) is 18.9. The van der Waals surface area contributed by atoms with E-state index in [4.69, 9.17) is 0 Å². The van der Waals surface area contributed by atoms with Crippen LogP contribution in [0.5, 0.6) is 5.75 Å². The smallest absolute Gasteiger partial charge is 0.406 e. The van der Waals surface area contributed by atoms with Crippen LogP contribution in [0.2, 0.25) is 0 Å². The third kappa shape index (κ3) is 7.96. The molecule has 234 valence electrons. The molecule has 1 saturated heterocycles. The Morgan fingerprint density at radius 1 is 1.07 bits per heavy atom. The number of hydrogen-bond acceptors (Lipinski definition) is 5. The molecule has 13 heteroatoms. The number of thioether (sulfide) groups is 1. The highest BCUT2D eigenvalue weighted by Gasteiger charge is 2.31. The van der Waals surface area contributed by atoms with Crippen molar-refractivity contribution in [2.75, 3.05) is 10.7 Å². The van der Waals surface area contributed by atoms with Gasteiger partial charge in [0.25, 0.3) is 0 Å². The maximum Gasteiger partial charge on any atom is 0.573 e. The first-order valence-electron chi connectivity index (χ1n) is 14.2. The fourth-order valence-corrected chi connectivity index (χ4v) is 5.99. The topological polar surface area (TPSA) is 85.0 Å². The molecule has 3 aromatic carbocycles. The zero-order valence-electron chi connectivity index (χ0n) is 24.6. The van der Waals surface area contributed by atoms with Gasteiger partial charge in [0.1, 0.15) is 12.1 Å². The van der Waals surface area contributed by atoms with Gasteiger partial charge in [-0.2, -0.15) is 4.99 Å². The van der Waals surface area contributed by atoms with Gasteiger partial charge in [-0.1, -0.05) is 68.1 Å². The van der Waals surface area contributed by atoms with E-state index in [1.165, 1.54) is 59.2 Å². The highest BCUT2D eigenvalue weighted by molar-refractivity contribution is 8.14. The summed E-state index contributed by atoms with van der Waals surface area (Å²) in [5.41, 5.74) is 3.49. The summed E-state index contributed by atoms with van der Waals surface area (Å²) in [6.07, 6.45) is -3.16. The highest BCUT2D eigenvalue weighted by atomic mass is 32.2. The minimum atomic E-state index is -4.78. The van der Waals surface area contributed by atoms with Crippen LogP contribution in [0.4, 0.5) is 28.0 Å². The van der Waals surface area contributed by atoms with E-state index in [0.717, 1.165) is 29.6 Å². The van der Waals surface area contributed by atoms with Crippen LogP contribution < -0.4 is 9.64 Å². The Bertz CT molecular complexity index is 1690. The van der Waals surface area contributed by atoms with Gasteiger partial charge in [-0.25, -0.2) is 23.8 Å². The summed E-state index contributed by atoms with van der Waals surface area (Å²) in [4.78, 5) is 27.0. The maximum atomic E-state index is 15.0. The molecule has 0 radical (unpaired) electrons. The van der Waals surface area contributed by atoms with Crippen LogP contribution in [-0.2, 0) is 0 Å². The van der Waals surface area contributed by atoms with Crippen molar-refractivity contribution >= 4 is 34.9 Å². The van der Waals surface area contributed by atoms with Crippen molar-refractivity contribution in [2.24, 2.45) is 9.98 Å². The lowest BCUT2D eigenvalue weighted by Gasteiger charge is -2.37. The van der Waals surface area contributed by atoms with E-state index in [1.54, 1.807) is 12.1 Å². The van der Waals surface area contributed by atoms with Gasteiger partial charge in [0.2, 0.25) is 0 Å². The summed E-state index contributed by atoms with van der Waals surface area (Å²) in [7, 11) is 0. The quantitative estimate of drug-likeness (QED) is 0.149. The third-order valence-electron chi connectivity index (χ3n) is 7.05. The fraction of sp³-hybridized carbons (Fsp3) is 0.281. The molecule has 5 rings (SSSR count). The molecule has 1 aliphatic heterocycles. The molecule has 2 amide bonds. The monoisotopic (exact) mass is 638 g/mol. The van der Waals surface area contributed by atoms with Crippen LogP contribution in [-0.4, -0.2) is 50.3 Å². The summed E-state index contributed by atoms with van der Waals surface area (Å²) < 4.78 is 57.5. The average molecular weight is 639 g/mol. The Kier molecular flexibility index (Phi) is 9.66. The van der Waals surface area contributed by atoms with Gasteiger partial charge in [0, 0.05) is 29.3 Å². The Labute approximate surface area is 261 Å². The van der Waals surface area contributed by atoms with E-state index in [0.29, 0.717) is 22.2 Å². The average Bonchev–Trinajstić information content (AvgIpc) is 3.50. The van der Waals surface area contributed by atoms with Gasteiger partial charge in [-0.15, -0.1) is 18.3 Å². The van der Waals surface area contributed by atoms with Crippen molar-refractivity contribution in [2.45, 2.75) is 51.7 Å². The van der Waals surface area contributed by atoms with Gasteiger partial charge in [0.05, 0.1) is 5.69 Å². The van der Waals surface area contributed by atoms with E-state index >= 15 is 4.39 Å². The van der Waals surface area contributed by atoms with E-state index in [2.05, 4.69) is 56.5 Å². The Morgan fingerprint density at radius 3 is 2.47 bits per heavy atom. The molecule has 1 aromatic heterocycles. The van der Waals surface area contributed by atoms with Crippen molar-refractivity contribution in [1.82, 2.24) is 14.8 Å². The predicted molar refractivity (Wildman–Crippen MR) is 168 cm³/mol. The lowest BCUT2D eigenvalue weighted by Crippen LogP contribution is -2.42. The fourth-order valence-electron chi connectivity index (χ4n) is 4.79. The van der Waals surface area contributed by atoms with Crippen LogP contribution in [0, 0.1) is 0 Å². The largest absolute Gasteiger partial charge is 0.573 e. The molecule has 0 aliphatic carbocycles. The van der Waals surface area contributed by atoms with Crippen molar-refractivity contribution in [3.8, 4) is 22.8 Å². The standard InChI is InChI=1S/C32H30F4N6O2S/c1-20(2)26-6-4-5-7-28(26)42-21(3)16-17-45-31(42)39-30(43)37-18-27(33)22-8-10-23(11-9-22)29-38-19-41(40-29)24-12-14-25(15-13-24)44-32(34,35)36/h4-15,18-21,27H,16-17H2,1-3H3. The van der Waals surface area contributed by atoms with Crippen LogP contribution in [0.3, 0.4) is 0 Å². The molecule has 0 saturated carbocycles. The van der Waals surface area contributed by atoms with Crippen LogP contribution in [0.25, 0.3) is 17.1 Å². The molecule has 4 aromatic rings. The van der Waals surface area contributed by atoms with Crippen LogP contribution in [0.15, 0.2) is 89.1 Å². The molecule has 0 N–H and O–H groups in total. The number of ether oxygens (including phenoxy) is 1. The lowest BCUT2D eigenvalue weighted by molar-refractivity contribution is -0.274. The number of amidine groups is 1. The molecule has 2 heterocycles. The third-order valence-corrected chi connectivity index (χ3v) is 8.04. The molecule has 2 unspecified atom stereocenters. The summed E-state index contributed by atoms with van der Waals surface area (Å²) in [5, 5.41) is 4.89. The van der Waals surface area contributed by atoms with Crippen molar-refractivity contribution in [3.05, 3.63) is 90.3 Å². The van der Waals surface area contributed by atoms with Gasteiger partial charge in [-0.3, -0.25) is 0 Å². The van der Waals surface area contributed by atoms with Gasteiger partial charge in [-0.05, 0) is 60.7 Å². The van der Waals surface area contributed by atoms with E-state index in [-0.39, 0.29) is 23.3 Å². The summed E-state index contributed by atoms with van der Waals surface area (Å²) in [5.74, 6) is 1.07. The first-order chi connectivity index (χ1) is 21.5. The molecule has 0 spiro atoms. The number of amides is 2. The number of para-hydroxylation sites is 1. The van der Waals surface area contributed by atoms with Crippen LogP contribution in [0.1, 0.15) is 50.4 Å². The molecular weight excluding hydrogens is 608 g/mol. The second kappa shape index (κ2) is 13.6. The number of benzene rings is 3. The molecular formula is C32H30F4N6O2S. The minimum Gasteiger partial charge on any atom is -0.406 e. The molecule has 1 aliphatic rings. The van der Waals surface area contributed by atoms with Crippen molar-refractivity contribution in [1.29, 1.82) is 0 Å². The zero-order valence-corrected chi connectivity index (χ0v) is 25.5. The summed E-state index contributed by atoms with van der Waals surface area (Å²) in [6.45, 7) is 6.33. The molecule has 2 atom stereocenters. The second-order valence-electron chi connectivity index (χ2n) is 10.6. The predicted octanol–water partition coefficient (Wildman–Crippen LogP) is 8.55. The number of nitrogens with zero attached hydrogens (tertiary/aromatic N) is 6. The summed E-state index contributed by atoms with van der Waals surface area (Å²) >= 11 is 1.48. The molecule has 45 heavy (non-hydrogen) atoms. The van der Waals surface area contributed by atoms with Crippen molar-refractivity contribution < 1.29 is 27.1 Å². The number of anilines is 1. The Hall–Kier alpha value is -4.52. The first kappa shape index (κ1) is 31.9. The SMILES string of the molecule is CC(C)c1ccccc1N1C(=NC(=O)N=CC(F)c2ccc(-c3ncn(-c4ccc(OC(F)(F)F)cc4)n3)cc2)SCCC1C. The zero-order chi connectivity index (χ0) is 32.1. The number of alkyl halides is 4. The number of carbonyl (C=O) groups excluding carboxylic acids is 1. The lowest BCUT2D eigenvalue weighted by atomic mass is 9.99. The normalized spacial score (nSPS) is 17.3. The van der Waals surface area contributed by atoms with Crippen LogP contribution >= 0.6 is 11.8 Å². The number of aromatic nitrogens is 3. The number of rotatable bonds is 7. The number of hydrogen-bond donors (Lipinski definition) is 0. The van der Waals surface area contributed by atoms with E-state index < -0.39 is 18.6 Å². The van der Waals surface area contributed by atoms with Gasteiger partial charge in [0.15, 0.2) is 17.2 Å². The van der Waals surface area contributed by atoms with Gasteiger partial charge < -0.3 is 9.64 Å². The van der Waals surface area contributed by atoms with E-state index in [1.807, 2.05) is 18.2 Å². The maximum absolute atomic E-state index is 15.0. The van der Waals surface area contributed by atoms with Crippen molar-refractivity contribution in [3.63, 3.8) is 0 Å². The molecule has 1 fully saturated rings. The number of carbonyl (C=O) groups is 1. The number of aliphatic imine (C=N–C) groups is 2. The second-order valence-corrected chi connectivity index (χ2v) is 11.7.